The maximum absolute atomic E-state index is 12.8. The molecule has 0 bridgehead atoms. The van der Waals surface area contributed by atoms with E-state index in [9.17, 15) is 27.6 Å². The Morgan fingerprint density at radius 3 is 2.39 bits per heavy atom. The molecule has 1 aliphatic heterocycles. The average Bonchev–Trinajstić information content (AvgIpc) is 2.62. The number of anilines is 1. The van der Waals surface area contributed by atoms with Crippen LogP contribution in [0.2, 0.25) is 0 Å². The summed E-state index contributed by atoms with van der Waals surface area (Å²) in [5.41, 5.74) is 0.192. The Balaban J connectivity index is 1.88. The Morgan fingerprint density at radius 1 is 1.07 bits per heavy atom. The molecule has 1 fully saturated rings. The van der Waals surface area contributed by atoms with E-state index < -0.39 is 35.5 Å². The van der Waals surface area contributed by atoms with Crippen molar-refractivity contribution in [2.24, 2.45) is 10.9 Å². The van der Waals surface area contributed by atoms with Crippen LogP contribution >= 0.6 is 0 Å². The summed E-state index contributed by atoms with van der Waals surface area (Å²) in [6.45, 7) is 1.83. The SMILES string of the molecule is Cc1ccc(N2C(=O)NC(=O)[C@@H](C=Nc3cccc(C(F)(F)F)c3)C2=O)cc1. The fraction of sp³-hybridized carbons (Fsp3) is 0.158. The maximum Gasteiger partial charge on any atom is 0.416 e. The van der Waals surface area contributed by atoms with Crippen LogP contribution in [0.1, 0.15) is 11.1 Å². The van der Waals surface area contributed by atoms with Crippen LogP contribution in [0.3, 0.4) is 0 Å². The van der Waals surface area contributed by atoms with E-state index in [1.165, 1.54) is 12.1 Å². The van der Waals surface area contributed by atoms with Crippen LogP contribution in [0.5, 0.6) is 0 Å². The lowest BCUT2D eigenvalue weighted by atomic mass is 10.1. The highest BCUT2D eigenvalue weighted by atomic mass is 19.4. The number of carbonyl (C=O) groups is 3. The van der Waals surface area contributed by atoms with Crippen molar-refractivity contribution in [2.75, 3.05) is 4.90 Å². The van der Waals surface area contributed by atoms with Crippen molar-refractivity contribution in [3.05, 3.63) is 59.7 Å². The number of amides is 4. The fourth-order valence-corrected chi connectivity index (χ4v) is 2.58. The molecule has 4 amide bonds. The number of carbonyl (C=O) groups excluding carboxylic acids is 3. The molecule has 6 nitrogen and oxygen atoms in total. The first kappa shape index (κ1) is 19.3. The molecule has 9 heteroatoms. The summed E-state index contributed by atoms with van der Waals surface area (Å²) in [6, 6.07) is 9.73. The summed E-state index contributed by atoms with van der Waals surface area (Å²) >= 11 is 0. The zero-order valence-corrected chi connectivity index (χ0v) is 14.5. The van der Waals surface area contributed by atoms with Gasteiger partial charge >= 0.3 is 12.2 Å². The maximum atomic E-state index is 12.8. The first-order valence-corrected chi connectivity index (χ1v) is 8.14. The highest BCUT2D eigenvalue weighted by Crippen LogP contribution is 2.31. The molecule has 1 aliphatic rings. The van der Waals surface area contributed by atoms with Crippen molar-refractivity contribution in [3.8, 4) is 0 Å². The number of nitrogens with zero attached hydrogens (tertiary/aromatic N) is 2. The van der Waals surface area contributed by atoms with Crippen LogP contribution in [0.25, 0.3) is 0 Å². The van der Waals surface area contributed by atoms with Crippen molar-refractivity contribution in [1.82, 2.24) is 5.32 Å². The van der Waals surface area contributed by atoms with Gasteiger partial charge in [-0.3, -0.25) is 19.9 Å². The molecular weight excluding hydrogens is 375 g/mol. The van der Waals surface area contributed by atoms with Crippen LogP contribution in [0, 0.1) is 12.8 Å². The minimum absolute atomic E-state index is 0.0748. The molecule has 0 radical (unpaired) electrons. The Bertz CT molecular complexity index is 968. The standard InChI is InChI=1S/C19H14F3N3O3/c1-11-5-7-14(8-6-11)25-17(27)15(16(26)24-18(25)28)10-23-13-4-2-3-12(9-13)19(20,21)22/h2-10,15H,1H3,(H,24,26,28)/t15-/m1/s1. The Morgan fingerprint density at radius 2 is 1.75 bits per heavy atom. The Hall–Kier alpha value is -3.49. The molecule has 0 spiro atoms. The second-order valence-electron chi connectivity index (χ2n) is 6.11. The van der Waals surface area contributed by atoms with Crippen molar-refractivity contribution in [3.63, 3.8) is 0 Å². The van der Waals surface area contributed by atoms with Crippen molar-refractivity contribution < 1.29 is 27.6 Å². The number of hydrogen-bond donors (Lipinski definition) is 1. The van der Waals surface area contributed by atoms with Gasteiger partial charge in [-0.05, 0) is 37.3 Å². The van der Waals surface area contributed by atoms with Gasteiger partial charge in [0.05, 0.1) is 16.9 Å². The summed E-state index contributed by atoms with van der Waals surface area (Å²) in [5, 5.41) is 2.05. The minimum Gasteiger partial charge on any atom is -0.276 e. The third-order valence-corrected chi connectivity index (χ3v) is 4.04. The van der Waals surface area contributed by atoms with E-state index >= 15 is 0 Å². The van der Waals surface area contributed by atoms with Crippen LogP contribution < -0.4 is 10.2 Å². The molecule has 144 valence electrons. The number of alkyl halides is 3. The van der Waals surface area contributed by atoms with Gasteiger partial charge in [0.1, 0.15) is 0 Å². The number of aliphatic imine (C=N–C) groups is 1. The molecule has 3 rings (SSSR count). The largest absolute Gasteiger partial charge is 0.416 e. The van der Waals surface area contributed by atoms with Crippen LogP contribution in [0.15, 0.2) is 53.5 Å². The predicted octanol–water partition coefficient (Wildman–Crippen LogP) is 3.62. The number of aryl methyl sites for hydroxylation is 1. The van der Waals surface area contributed by atoms with Gasteiger partial charge in [-0.2, -0.15) is 13.2 Å². The van der Waals surface area contributed by atoms with Crippen molar-refractivity contribution >= 4 is 35.4 Å². The van der Waals surface area contributed by atoms with Crippen molar-refractivity contribution in [2.45, 2.75) is 13.1 Å². The van der Waals surface area contributed by atoms with Gasteiger partial charge in [-0.1, -0.05) is 23.8 Å². The smallest absolute Gasteiger partial charge is 0.276 e. The van der Waals surface area contributed by atoms with E-state index in [1.54, 1.807) is 24.3 Å². The number of hydrogen-bond acceptors (Lipinski definition) is 4. The molecule has 1 saturated heterocycles. The normalized spacial score (nSPS) is 17.9. The third-order valence-electron chi connectivity index (χ3n) is 4.04. The molecule has 1 atom stereocenters. The summed E-state index contributed by atoms with van der Waals surface area (Å²) in [6.07, 6.45) is -3.61. The quantitative estimate of drug-likeness (QED) is 0.643. The number of urea groups is 1. The van der Waals surface area contributed by atoms with Gasteiger partial charge in [-0.15, -0.1) is 0 Å². The molecule has 0 unspecified atom stereocenters. The zero-order chi connectivity index (χ0) is 20.5. The van der Waals surface area contributed by atoms with E-state index in [2.05, 4.69) is 10.3 Å². The molecular formula is C19H14F3N3O3. The lowest BCUT2D eigenvalue weighted by molar-refractivity contribution is -0.137. The fourth-order valence-electron chi connectivity index (χ4n) is 2.58. The monoisotopic (exact) mass is 389 g/mol. The summed E-state index contributed by atoms with van der Waals surface area (Å²) in [4.78, 5) is 41.4. The van der Waals surface area contributed by atoms with E-state index in [1.807, 2.05) is 6.92 Å². The predicted molar refractivity (Wildman–Crippen MR) is 95.3 cm³/mol. The third kappa shape index (κ3) is 3.93. The molecule has 2 aromatic carbocycles. The Kier molecular flexibility index (Phi) is 5.00. The number of barbiturate groups is 1. The van der Waals surface area contributed by atoms with Gasteiger partial charge < -0.3 is 0 Å². The summed E-state index contributed by atoms with van der Waals surface area (Å²) < 4.78 is 38.3. The van der Waals surface area contributed by atoms with E-state index in [-0.39, 0.29) is 11.4 Å². The first-order chi connectivity index (χ1) is 13.2. The molecule has 0 aromatic heterocycles. The molecule has 2 aromatic rings. The lowest BCUT2D eigenvalue weighted by Gasteiger charge is -2.28. The average molecular weight is 389 g/mol. The molecule has 28 heavy (non-hydrogen) atoms. The minimum atomic E-state index is -4.54. The van der Waals surface area contributed by atoms with E-state index in [0.717, 1.165) is 28.8 Å². The second kappa shape index (κ2) is 7.26. The molecule has 1 N–H and O–H groups in total. The number of benzene rings is 2. The van der Waals surface area contributed by atoms with Crippen LogP contribution in [-0.4, -0.2) is 24.1 Å². The number of nitrogens with one attached hydrogen (secondary N) is 1. The van der Waals surface area contributed by atoms with Crippen LogP contribution in [-0.2, 0) is 15.8 Å². The molecule has 0 aliphatic carbocycles. The number of rotatable bonds is 3. The number of halogens is 3. The summed E-state index contributed by atoms with van der Waals surface area (Å²) in [7, 11) is 0. The Labute approximate surface area is 157 Å². The van der Waals surface area contributed by atoms with Crippen molar-refractivity contribution in [1.29, 1.82) is 0 Å². The van der Waals surface area contributed by atoms with Gasteiger partial charge in [0.2, 0.25) is 5.91 Å². The van der Waals surface area contributed by atoms with Gasteiger partial charge in [-0.25, -0.2) is 9.69 Å². The first-order valence-electron chi connectivity index (χ1n) is 8.14. The summed E-state index contributed by atoms with van der Waals surface area (Å²) in [5.74, 6) is -3.18. The van der Waals surface area contributed by atoms with E-state index in [4.69, 9.17) is 0 Å². The second-order valence-corrected chi connectivity index (χ2v) is 6.11. The van der Waals surface area contributed by atoms with E-state index in [0.29, 0.717) is 0 Å². The van der Waals surface area contributed by atoms with Gasteiger partial charge in [0.25, 0.3) is 5.91 Å². The zero-order valence-electron chi connectivity index (χ0n) is 14.5. The van der Waals surface area contributed by atoms with Gasteiger partial charge in [0.15, 0.2) is 5.92 Å². The molecule has 0 saturated carbocycles. The van der Waals surface area contributed by atoms with Gasteiger partial charge in [0, 0.05) is 6.21 Å². The highest BCUT2D eigenvalue weighted by Gasteiger charge is 2.40. The molecule has 1 heterocycles. The van der Waals surface area contributed by atoms with Crippen LogP contribution in [0.4, 0.5) is 29.3 Å². The highest BCUT2D eigenvalue weighted by molar-refractivity contribution is 6.32. The lowest BCUT2D eigenvalue weighted by Crippen LogP contribution is -2.58. The topological polar surface area (TPSA) is 78.8 Å². The number of imide groups is 2.